The highest BCUT2D eigenvalue weighted by Crippen LogP contribution is 2.16. The van der Waals surface area contributed by atoms with Crippen molar-refractivity contribution in [1.29, 1.82) is 0 Å². The summed E-state index contributed by atoms with van der Waals surface area (Å²) in [6.45, 7) is 4.81. The first-order valence-corrected chi connectivity index (χ1v) is 7.43. The zero-order valence-corrected chi connectivity index (χ0v) is 12.5. The van der Waals surface area contributed by atoms with Gasteiger partial charge < -0.3 is 10.6 Å². The predicted molar refractivity (Wildman–Crippen MR) is 81.2 cm³/mol. The van der Waals surface area contributed by atoms with Crippen molar-refractivity contribution in [3.63, 3.8) is 0 Å². The van der Waals surface area contributed by atoms with Crippen LogP contribution in [0, 0.1) is 12.8 Å². The van der Waals surface area contributed by atoms with Crippen molar-refractivity contribution in [2.75, 3.05) is 19.6 Å². The smallest absolute Gasteiger partial charge is 0.252 e. The Labute approximate surface area is 123 Å². The molecular weight excluding hydrogens is 266 g/mol. The molecule has 0 saturated carbocycles. The lowest BCUT2D eigenvalue weighted by Gasteiger charge is -2.09. The topological polar surface area (TPSA) is 71.8 Å². The van der Waals surface area contributed by atoms with E-state index in [-0.39, 0.29) is 5.91 Å². The van der Waals surface area contributed by atoms with Crippen LogP contribution in [0.3, 0.4) is 0 Å². The third-order valence-electron chi connectivity index (χ3n) is 4.13. The Kier molecular flexibility index (Phi) is 3.88. The molecule has 0 bridgehead atoms. The quantitative estimate of drug-likeness (QED) is 0.880. The highest BCUT2D eigenvalue weighted by atomic mass is 16.1. The molecule has 1 fully saturated rings. The summed E-state index contributed by atoms with van der Waals surface area (Å²) >= 11 is 0. The average Bonchev–Trinajstić information content (AvgIpc) is 3.08. The van der Waals surface area contributed by atoms with E-state index in [4.69, 9.17) is 0 Å². The zero-order chi connectivity index (χ0) is 14.8. The van der Waals surface area contributed by atoms with Crippen LogP contribution < -0.4 is 10.6 Å². The molecule has 6 heteroatoms. The Hall–Kier alpha value is -1.95. The second kappa shape index (κ2) is 5.81. The molecular formula is C15H21N5O. The minimum Gasteiger partial charge on any atom is -0.352 e. The second-order valence-corrected chi connectivity index (χ2v) is 5.71. The van der Waals surface area contributed by atoms with Crippen LogP contribution in [-0.4, -0.2) is 40.3 Å². The van der Waals surface area contributed by atoms with E-state index >= 15 is 0 Å². The van der Waals surface area contributed by atoms with Gasteiger partial charge in [-0.1, -0.05) is 0 Å². The predicted octanol–water partition coefficient (Wildman–Crippen LogP) is 1.01. The van der Waals surface area contributed by atoms with Crippen LogP contribution in [0.2, 0.25) is 0 Å². The van der Waals surface area contributed by atoms with Crippen molar-refractivity contribution in [1.82, 2.24) is 25.4 Å². The number of nitrogens with one attached hydrogen (secondary N) is 2. The number of amides is 1. The van der Waals surface area contributed by atoms with Crippen molar-refractivity contribution in [3.05, 3.63) is 23.5 Å². The van der Waals surface area contributed by atoms with E-state index in [0.717, 1.165) is 42.8 Å². The fourth-order valence-electron chi connectivity index (χ4n) is 2.88. The number of nitrogens with zero attached hydrogens (tertiary/aromatic N) is 3. The van der Waals surface area contributed by atoms with Crippen molar-refractivity contribution in [2.45, 2.75) is 19.8 Å². The van der Waals surface area contributed by atoms with E-state index in [9.17, 15) is 4.79 Å². The molecule has 0 spiro atoms. The number of aromatic nitrogens is 3. The van der Waals surface area contributed by atoms with E-state index in [1.807, 2.05) is 20.0 Å². The molecule has 0 aromatic carbocycles. The van der Waals surface area contributed by atoms with Crippen molar-refractivity contribution in [3.8, 4) is 0 Å². The second-order valence-electron chi connectivity index (χ2n) is 5.71. The van der Waals surface area contributed by atoms with Gasteiger partial charge in [0.15, 0.2) is 5.65 Å². The Bertz CT molecular complexity index is 657. The molecule has 1 unspecified atom stereocenters. The maximum atomic E-state index is 12.2. The summed E-state index contributed by atoms with van der Waals surface area (Å²) in [5.74, 6) is 0.630. The molecule has 3 rings (SSSR count). The lowest BCUT2D eigenvalue weighted by molar-refractivity contribution is 0.0951. The number of carbonyl (C=O) groups is 1. The van der Waals surface area contributed by atoms with Crippen LogP contribution in [-0.2, 0) is 7.05 Å². The van der Waals surface area contributed by atoms with E-state index in [0.29, 0.717) is 11.5 Å². The molecule has 21 heavy (non-hydrogen) atoms. The van der Waals surface area contributed by atoms with Gasteiger partial charge in [0.1, 0.15) is 0 Å². The summed E-state index contributed by atoms with van der Waals surface area (Å²) in [6.07, 6.45) is 3.86. The van der Waals surface area contributed by atoms with E-state index in [2.05, 4.69) is 20.7 Å². The molecule has 2 aromatic rings. The summed E-state index contributed by atoms with van der Waals surface area (Å²) in [5, 5.41) is 11.6. The van der Waals surface area contributed by atoms with Crippen LogP contribution in [0.15, 0.2) is 12.3 Å². The first kappa shape index (κ1) is 14.0. The van der Waals surface area contributed by atoms with Crippen molar-refractivity contribution < 1.29 is 4.79 Å². The monoisotopic (exact) mass is 287 g/mol. The highest BCUT2D eigenvalue weighted by molar-refractivity contribution is 5.97. The van der Waals surface area contributed by atoms with E-state index in [1.165, 1.54) is 6.42 Å². The molecule has 0 aliphatic carbocycles. The van der Waals surface area contributed by atoms with Gasteiger partial charge in [-0.3, -0.25) is 9.48 Å². The first-order valence-electron chi connectivity index (χ1n) is 7.43. The third-order valence-corrected chi connectivity index (χ3v) is 4.13. The average molecular weight is 287 g/mol. The fraction of sp³-hybridized carbons (Fsp3) is 0.533. The molecule has 1 saturated heterocycles. The van der Waals surface area contributed by atoms with Crippen LogP contribution in [0.5, 0.6) is 0 Å². The van der Waals surface area contributed by atoms with E-state index in [1.54, 1.807) is 10.9 Å². The molecule has 2 aromatic heterocycles. The number of hydrogen-bond acceptors (Lipinski definition) is 4. The summed E-state index contributed by atoms with van der Waals surface area (Å²) < 4.78 is 1.74. The van der Waals surface area contributed by atoms with Crippen LogP contribution in [0.25, 0.3) is 11.0 Å². The Morgan fingerprint density at radius 2 is 2.43 bits per heavy atom. The van der Waals surface area contributed by atoms with Gasteiger partial charge >= 0.3 is 0 Å². The van der Waals surface area contributed by atoms with Gasteiger partial charge in [-0.2, -0.15) is 5.10 Å². The van der Waals surface area contributed by atoms with Gasteiger partial charge in [-0.05, 0) is 44.8 Å². The summed E-state index contributed by atoms with van der Waals surface area (Å²) in [6, 6.07) is 1.87. The lowest BCUT2D eigenvalue weighted by atomic mass is 10.1. The molecule has 6 nitrogen and oxygen atoms in total. The number of fused-ring (bicyclic) bond motifs is 1. The maximum Gasteiger partial charge on any atom is 0.252 e. The molecule has 1 aliphatic heterocycles. The van der Waals surface area contributed by atoms with Gasteiger partial charge in [-0.25, -0.2) is 4.98 Å². The van der Waals surface area contributed by atoms with E-state index < -0.39 is 0 Å². The first-order chi connectivity index (χ1) is 10.1. The number of hydrogen-bond donors (Lipinski definition) is 2. The largest absolute Gasteiger partial charge is 0.352 e. The molecule has 1 aliphatic rings. The number of carbonyl (C=O) groups excluding carboxylic acids is 1. The molecule has 112 valence electrons. The molecule has 3 heterocycles. The Balaban J connectivity index is 1.65. The Morgan fingerprint density at radius 3 is 3.19 bits per heavy atom. The Morgan fingerprint density at radius 1 is 1.57 bits per heavy atom. The summed E-state index contributed by atoms with van der Waals surface area (Å²) in [4.78, 5) is 16.5. The number of pyridine rings is 1. The molecule has 1 amide bonds. The SMILES string of the molecule is Cc1nn(C)c2ncc(C(=O)NCCC3CCNC3)cc12. The normalized spacial score (nSPS) is 18.3. The summed E-state index contributed by atoms with van der Waals surface area (Å²) in [5.41, 5.74) is 2.30. The highest BCUT2D eigenvalue weighted by Gasteiger charge is 2.15. The van der Waals surface area contributed by atoms with Gasteiger partial charge in [0.25, 0.3) is 5.91 Å². The zero-order valence-electron chi connectivity index (χ0n) is 12.5. The minimum atomic E-state index is -0.0568. The molecule has 2 N–H and O–H groups in total. The van der Waals surface area contributed by atoms with Gasteiger partial charge in [0.05, 0.1) is 11.3 Å². The minimum absolute atomic E-state index is 0.0568. The van der Waals surface area contributed by atoms with Gasteiger partial charge in [0.2, 0.25) is 0 Å². The molecule has 0 radical (unpaired) electrons. The lowest BCUT2D eigenvalue weighted by Crippen LogP contribution is -2.26. The number of aryl methyl sites for hydroxylation is 2. The molecule has 1 atom stereocenters. The van der Waals surface area contributed by atoms with Crippen LogP contribution >= 0.6 is 0 Å². The van der Waals surface area contributed by atoms with Gasteiger partial charge in [-0.15, -0.1) is 0 Å². The van der Waals surface area contributed by atoms with Crippen molar-refractivity contribution in [2.24, 2.45) is 13.0 Å². The maximum absolute atomic E-state index is 12.2. The van der Waals surface area contributed by atoms with Crippen LogP contribution in [0.1, 0.15) is 28.9 Å². The summed E-state index contributed by atoms with van der Waals surface area (Å²) in [7, 11) is 1.86. The third kappa shape index (κ3) is 2.90. The van der Waals surface area contributed by atoms with Crippen LogP contribution in [0.4, 0.5) is 0 Å². The van der Waals surface area contributed by atoms with Crippen molar-refractivity contribution >= 4 is 16.9 Å². The van der Waals surface area contributed by atoms with Gasteiger partial charge in [0, 0.05) is 25.2 Å². The standard InChI is InChI=1S/C15H21N5O/c1-10-13-7-12(9-18-14(13)20(2)19-10)15(21)17-6-4-11-3-5-16-8-11/h7,9,11,16H,3-6,8H2,1-2H3,(H,17,21). The fourth-order valence-corrected chi connectivity index (χ4v) is 2.88. The number of rotatable bonds is 4.